The van der Waals surface area contributed by atoms with Gasteiger partial charge in [-0.15, -0.1) is 0 Å². The largest absolute Gasteiger partial charge is 0.484 e. The van der Waals surface area contributed by atoms with Crippen LogP contribution >= 0.6 is 46.6 Å². The summed E-state index contributed by atoms with van der Waals surface area (Å²) in [5.41, 5.74) is 1.95. The Hall–Kier alpha value is -1.07. The summed E-state index contributed by atoms with van der Waals surface area (Å²) in [5, 5.41) is 4.79. The predicted molar refractivity (Wildman–Crippen MR) is 107 cm³/mol. The van der Waals surface area contributed by atoms with Gasteiger partial charge in [0.05, 0.1) is 0 Å². The molecule has 2 aromatic rings. The zero-order valence-corrected chi connectivity index (χ0v) is 16.7. The Labute approximate surface area is 167 Å². The second-order valence-electron chi connectivity index (χ2n) is 5.34. The maximum atomic E-state index is 11.8. The molecule has 7 heteroatoms. The van der Waals surface area contributed by atoms with Gasteiger partial charge in [0.2, 0.25) is 0 Å². The number of nitrogens with one attached hydrogen (secondary N) is 1. The summed E-state index contributed by atoms with van der Waals surface area (Å²) < 4.78 is 5.45. The van der Waals surface area contributed by atoms with Gasteiger partial charge in [-0.1, -0.05) is 40.9 Å². The molecule has 0 fully saturated rings. The van der Waals surface area contributed by atoms with E-state index in [1.165, 1.54) is 0 Å². The monoisotopic (exact) mass is 417 g/mol. The lowest BCUT2D eigenvalue weighted by molar-refractivity contribution is -0.122. The average molecular weight is 419 g/mol. The molecule has 2 aromatic carbocycles. The lowest BCUT2D eigenvalue weighted by Crippen LogP contribution is -2.30. The Bertz CT molecular complexity index is 740. The highest BCUT2D eigenvalue weighted by molar-refractivity contribution is 7.98. The molecule has 0 radical (unpaired) electrons. The fourth-order valence-electron chi connectivity index (χ4n) is 1.99. The molecule has 0 bridgehead atoms. The van der Waals surface area contributed by atoms with Crippen LogP contribution in [0.3, 0.4) is 0 Å². The highest BCUT2D eigenvalue weighted by Gasteiger charge is 2.05. The summed E-state index contributed by atoms with van der Waals surface area (Å²) in [4.78, 5) is 11.8. The number of carbonyl (C=O) groups excluding carboxylic acids is 1. The Morgan fingerprint density at radius 1 is 1.12 bits per heavy atom. The summed E-state index contributed by atoms with van der Waals surface area (Å²) in [6.07, 6.45) is 0. The summed E-state index contributed by atoms with van der Waals surface area (Å²) in [5.74, 6) is 2.03. The number of benzene rings is 2. The molecule has 0 unspecified atom stereocenters. The summed E-state index contributed by atoms with van der Waals surface area (Å²) in [7, 11) is 0. The summed E-state index contributed by atoms with van der Waals surface area (Å²) in [6.45, 7) is 2.44. The number of halogens is 3. The van der Waals surface area contributed by atoms with E-state index < -0.39 is 0 Å². The molecule has 0 spiro atoms. The molecule has 1 N–H and O–H groups in total. The first-order valence-corrected chi connectivity index (χ1v) is 9.92. The molecule has 25 heavy (non-hydrogen) atoms. The Balaban J connectivity index is 1.62. The molecule has 3 nitrogen and oxygen atoms in total. The normalized spacial score (nSPS) is 10.6. The van der Waals surface area contributed by atoms with Gasteiger partial charge < -0.3 is 10.1 Å². The smallest absolute Gasteiger partial charge is 0.257 e. The number of ether oxygens (including phenoxy) is 1. The number of hydrogen-bond donors (Lipinski definition) is 1. The maximum absolute atomic E-state index is 11.8. The second-order valence-corrected chi connectivity index (χ2v) is 7.69. The third-order valence-electron chi connectivity index (χ3n) is 3.34. The average Bonchev–Trinajstić information content (AvgIpc) is 2.57. The van der Waals surface area contributed by atoms with Crippen molar-refractivity contribution in [1.29, 1.82) is 0 Å². The molecule has 0 atom stereocenters. The Kier molecular flexibility index (Phi) is 8.24. The molecule has 0 aromatic heterocycles. The van der Waals surface area contributed by atoms with Crippen molar-refractivity contribution in [2.24, 2.45) is 0 Å². The minimum absolute atomic E-state index is 0.0191. The van der Waals surface area contributed by atoms with Gasteiger partial charge in [0.25, 0.3) is 5.91 Å². The standard InChI is InChI=1S/C18H18Cl3NO2S/c1-12-8-15(4-5-16(12)20)24-10-18(23)22-6-7-25-11-13-2-3-14(19)9-17(13)21/h2-5,8-9H,6-7,10-11H2,1H3,(H,22,23). The van der Waals surface area contributed by atoms with E-state index in [4.69, 9.17) is 39.5 Å². The molecule has 0 saturated carbocycles. The van der Waals surface area contributed by atoms with Crippen LogP contribution in [0.4, 0.5) is 0 Å². The second kappa shape index (κ2) is 10.2. The van der Waals surface area contributed by atoms with Gasteiger partial charge in [0.15, 0.2) is 6.61 Å². The summed E-state index contributed by atoms with van der Waals surface area (Å²) in [6, 6.07) is 10.8. The lowest BCUT2D eigenvalue weighted by atomic mass is 10.2. The van der Waals surface area contributed by atoms with Crippen molar-refractivity contribution >= 4 is 52.5 Å². The van der Waals surface area contributed by atoms with Crippen molar-refractivity contribution in [1.82, 2.24) is 5.32 Å². The van der Waals surface area contributed by atoms with Crippen LogP contribution in [0.5, 0.6) is 5.75 Å². The molecule has 0 saturated heterocycles. The van der Waals surface area contributed by atoms with Crippen molar-refractivity contribution in [2.75, 3.05) is 18.9 Å². The predicted octanol–water partition coefficient (Wildman–Crippen LogP) is 5.38. The quantitative estimate of drug-likeness (QED) is 0.585. The van der Waals surface area contributed by atoms with Crippen molar-refractivity contribution in [3.63, 3.8) is 0 Å². The number of aryl methyl sites for hydroxylation is 1. The van der Waals surface area contributed by atoms with Crippen LogP contribution in [0.2, 0.25) is 15.1 Å². The first kappa shape index (κ1) is 20.2. The summed E-state index contributed by atoms with van der Waals surface area (Å²) >= 11 is 19.6. The molecule has 0 aliphatic rings. The molecule has 2 rings (SSSR count). The van der Waals surface area contributed by atoms with Crippen LogP contribution < -0.4 is 10.1 Å². The molecule has 0 aliphatic heterocycles. The number of thioether (sulfide) groups is 1. The van der Waals surface area contributed by atoms with Crippen LogP contribution in [0.15, 0.2) is 36.4 Å². The number of carbonyl (C=O) groups is 1. The van der Waals surface area contributed by atoms with Gasteiger partial charge in [-0.3, -0.25) is 4.79 Å². The van der Waals surface area contributed by atoms with E-state index in [-0.39, 0.29) is 12.5 Å². The minimum atomic E-state index is -0.155. The third kappa shape index (κ3) is 6.98. The molecule has 134 valence electrons. The van der Waals surface area contributed by atoms with Crippen molar-refractivity contribution in [2.45, 2.75) is 12.7 Å². The minimum Gasteiger partial charge on any atom is -0.484 e. The highest BCUT2D eigenvalue weighted by Crippen LogP contribution is 2.24. The van der Waals surface area contributed by atoms with Gasteiger partial charge in [0, 0.05) is 33.1 Å². The van der Waals surface area contributed by atoms with Gasteiger partial charge in [0.1, 0.15) is 5.75 Å². The van der Waals surface area contributed by atoms with E-state index in [2.05, 4.69) is 5.32 Å². The van der Waals surface area contributed by atoms with E-state index in [1.54, 1.807) is 36.0 Å². The Morgan fingerprint density at radius 3 is 2.64 bits per heavy atom. The number of amides is 1. The highest BCUT2D eigenvalue weighted by atomic mass is 35.5. The van der Waals surface area contributed by atoms with Crippen LogP contribution in [0.1, 0.15) is 11.1 Å². The zero-order chi connectivity index (χ0) is 18.2. The van der Waals surface area contributed by atoms with Crippen molar-refractivity contribution in [3.05, 3.63) is 62.6 Å². The van der Waals surface area contributed by atoms with Gasteiger partial charge in [-0.25, -0.2) is 0 Å². The first-order valence-electron chi connectivity index (χ1n) is 7.63. The molecule has 0 heterocycles. The van der Waals surface area contributed by atoms with Gasteiger partial charge in [-0.2, -0.15) is 11.8 Å². The van der Waals surface area contributed by atoms with Crippen LogP contribution in [0.25, 0.3) is 0 Å². The fourth-order valence-corrected chi connectivity index (χ4v) is 3.52. The van der Waals surface area contributed by atoms with E-state index in [9.17, 15) is 4.79 Å². The molecular formula is C18H18Cl3NO2S. The maximum Gasteiger partial charge on any atom is 0.257 e. The Morgan fingerprint density at radius 2 is 1.92 bits per heavy atom. The fraction of sp³-hybridized carbons (Fsp3) is 0.278. The van der Waals surface area contributed by atoms with Crippen LogP contribution in [-0.2, 0) is 10.5 Å². The third-order valence-corrected chi connectivity index (χ3v) is 5.36. The van der Waals surface area contributed by atoms with E-state index >= 15 is 0 Å². The van der Waals surface area contributed by atoms with Gasteiger partial charge in [-0.05, 0) is 48.4 Å². The topological polar surface area (TPSA) is 38.3 Å². The molecular weight excluding hydrogens is 401 g/mol. The van der Waals surface area contributed by atoms with Crippen LogP contribution in [0, 0.1) is 6.92 Å². The first-order chi connectivity index (χ1) is 12.0. The van der Waals surface area contributed by atoms with Crippen LogP contribution in [-0.4, -0.2) is 24.8 Å². The number of hydrogen-bond acceptors (Lipinski definition) is 3. The van der Waals surface area contributed by atoms with E-state index in [1.807, 2.05) is 19.1 Å². The lowest BCUT2D eigenvalue weighted by Gasteiger charge is -2.09. The van der Waals surface area contributed by atoms with Crippen molar-refractivity contribution < 1.29 is 9.53 Å². The van der Waals surface area contributed by atoms with Crippen molar-refractivity contribution in [3.8, 4) is 5.75 Å². The molecule has 0 aliphatic carbocycles. The van der Waals surface area contributed by atoms with Gasteiger partial charge >= 0.3 is 0 Å². The molecule has 1 amide bonds. The zero-order valence-electron chi connectivity index (χ0n) is 13.7. The van der Waals surface area contributed by atoms with E-state index in [0.717, 1.165) is 22.6 Å². The SMILES string of the molecule is Cc1cc(OCC(=O)NCCSCc2ccc(Cl)cc2Cl)ccc1Cl. The number of rotatable bonds is 8. The van der Waals surface area contributed by atoms with E-state index in [0.29, 0.717) is 27.4 Å².